The molecule has 1 aliphatic heterocycles. The van der Waals surface area contributed by atoms with E-state index in [4.69, 9.17) is 17.3 Å². The Morgan fingerprint density at radius 1 is 1.23 bits per heavy atom. The zero-order valence-electron chi connectivity index (χ0n) is 8.34. The summed E-state index contributed by atoms with van der Waals surface area (Å²) in [6, 6.07) is 0. The second-order valence-electron chi connectivity index (χ2n) is 3.52. The van der Waals surface area contributed by atoms with E-state index < -0.39 is 0 Å². The van der Waals surface area contributed by atoms with E-state index in [2.05, 4.69) is 0 Å². The topological polar surface area (TPSA) is 18.5 Å². The van der Waals surface area contributed by atoms with E-state index in [9.17, 15) is 0 Å². The summed E-state index contributed by atoms with van der Waals surface area (Å²) >= 11 is 0. The van der Waals surface area contributed by atoms with Crippen LogP contribution >= 0.6 is 0 Å². The van der Waals surface area contributed by atoms with Gasteiger partial charge < -0.3 is 9.47 Å². The lowest BCUT2D eigenvalue weighted by Gasteiger charge is -2.22. The summed E-state index contributed by atoms with van der Waals surface area (Å²) in [4.78, 5) is 0. The zero-order chi connectivity index (χ0) is 9.36. The average molecular weight is 182 g/mol. The highest BCUT2D eigenvalue weighted by Gasteiger charge is 2.12. The highest BCUT2D eigenvalue weighted by atomic mass is 16.7. The van der Waals surface area contributed by atoms with Crippen molar-refractivity contribution in [3.8, 4) is 0 Å². The molecular weight excluding hydrogens is 163 g/mol. The van der Waals surface area contributed by atoms with Gasteiger partial charge in [0.25, 0.3) is 0 Å². The molecule has 0 bridgehead atoms. The van der Waals surface area contributed by atoms with Crippen molar-refractivity contribution in [2.75, 3.05) is 13.2 Å². The van der Waals surface area contributed by atoms with Crippen molar-refractivity contribution in [3.63, 3.8) is 0 Å². The number of unbranched alkanes of at least 4 members (excludes halogenated alkanes) is 2. The molecule has 1 rings (SSSR count). The monoisotopic (exact) mass is 182 g/mol. The minimum Gasteiger partial charge on any atom is -0.353 e. The predicted octanol–water partition coefficient (Wildman–Crippen LogP) is 2.29. The first-order chi connectivity index (χ1) is 6.43. The van der Waals surface area contributed by atoms with Gasteiger partial charge in [0.15, 0.2) is 6.29 Å². The van der Waals surface area contributed by atoms with Crippen molar-refractivity contribution in [3.05, 3.63) is 0 Å². The molecule has 1 saturated heterocycles. The molecule has 2 nitrogen and oxygen atoms in total. The SMILES string of the molecule is [B]CCCCCOC1CCCCO1. The molecule has 1 atom stereocenters. The van der Waals surface area contributed by atoms with Crippen LogP contribution in [0.1, 0.15) is 38.5 Å². The first-order valence-corrected chi connectivity index (χ1v) is 5.37. The maximum Gasteiger partial charge on any atom is 0.157 e. The fraction of sp³-hybridized carbons (Fsp3) is 1.00. The summed E-state index contributed by atoms with van der Waals surface area (Å²) in [6.45, 7) is 1.69. The molecule has 0 aromatic carbocycles. The van der Waals surface area contributed by atoms with Crippen LogP contribution in [-0.4, -0.2) is 27.4 Å². The van der Waals surface area contributed by atoms with Gasteiger partial charge in [0, 0.05) is 13.2 Å². The summed E-state index contributed by atoms with van der Waals surface area (Å²) in [5.41, 5.74) is 0. The van der Waals surface area contributed by atoms with Gasteiger partial charge in [-0.2, -0.15) is 0 Å². The van der Waals surface area contributed by atoms with Gasteiger partial charge in [-0.25, -0.2) is 0 Å². The summed E-state index contributed by atoms with van der Waals surface area (Å²) in [5, 5.41) is 0. The summed E-state index contributed by atoms with van der Waals surface area (Å²) in [6.07, 6.45) is 7.75. The van der Waals surface area contributed by atoms with Crippen molar-refractivity contribution < 1.29 is 9.47 Å². The Bertz CT molecular complexity index is 113. The smallest absolute Gasteiger partial charge is 0.157 e. The Kier molecular flexibility index (Phi) is 6.29. The molecule has 0 saturated carbocycles. The van der Waals surface area contributed by atoms with E-state index in [-0.39, 0.29) is 6.29 Å². The summed E-state index contributed by atoms with van der Waals surface area (Å²) < 4.78 is 11.0. The predicted molar refractivity (Wildman–Crippen MR) is 54.0 cm³/mol. The average Bonchev–Trinajstić information content (AvgIpc) is 2.19. The molecule has 0 aliphatic carbocycles. The van der Waals surface area contributed by atoms with E-state index in [0.717, 1.165) is 38.8 Å². The minimum atomic E-state index is 0.0756. The molecule has 0 N–H and O–H groups in total. The zero-order valence-corrected chi connectivity index (χ0v) is 8.34. The number of hydrogen-bond donors (Lipinski definition) is 0. The van der Waals surface area contributed by atoms with E-state index in [0.29, 0.717) is 0 Å². The number of rotatable bonds is 6. The van der Waals surface area contributed by atoms with Gasteiger partial charge in [0.05, 0.1) is 7.85 Å². The van der Waals surface area contributed by atoms with Crippen LogP contribution in [0.2, 0.25) is 6.32 Å². The number of ether oxygens (including phenoxy) is 2. The van der Waals surface area contributed by atoms with Crippen LogP contribution in [0.5, 0.6) is 0 Å². The molecule has 3 heteroatoms. The lowest BCUT2D eigenvalue weighted by atomic mass is 10.00. The van der Waals surface area contributed by atoms with Crippen LogP contribution < -0.4 is 0 Å². The van der Waals surface area contributed by atoms with Crippen LogP contribution in [0.15, 0.2) is 0 Å². The second kappa shape index (κ2) is 7.39. The second-order valence-corrected chi connectivity index (χ2v) is 3.52. The molecule has 1 heterocycles. The molecule has 0 spiro atoms. The van der Waals surface area contributed by atoms with Gasteiger partial charge in [0.1, 0.15) is 0 Å². The minimum absolute atomic E-state index is 0.0756. The molecule has 13 heavy (non-hydrogen) atoms. The normalized spacial score (nSPS) is 23.2. The first-order valence-electron chi connectivity index (χ1n) is 5.37. The third-order valence-electron chi connectivity index (χ3n) is 2.29. The molecule has 0 amide bonds. The Morgan fingerprint density at radius 3 is 2.85 bits per heavy atom. The fourth-order valence-corrected chi connectivity index (χ4v) is 1.48. The van der Waals surface area contributed by atoms with Gasteiger partial charge in [0.2, 0.25) is 0 Å². The molecule has 1 aliphatic rings. The van der Waals surface area contributed by atoms with E-state index in [1.807, 2.05) is 0 Å². The van der Waals surface area contributed by atoms with E-state index in [1.165, 1.54) is 19.3 Å². The lowest BCUT2D eigenvalue weighted by Crippen LogP contribution is -2.22. The first kappa shape index (κ1) is 11.1. The Balaban J connectivity index is 1.86. The van der Waals surface area contributed by atoms with Crippen LogP contribution in [-0.2, 0) is 9.47 Å². The molecule has 1 fully saturated rings. The van der Waals surface area contributed by atoms with Gasteiger partial charge >= 0.3 is 0 Å². The standard InChI is InChI=1S/C10H19BO2/c11-7-3-1-4-8-12-10-6-2-5-9-13-10/h10H,1-9H2. The molecule has 74 valence electrons. The van der Waals surface area contributed by atoms with Crippen molar-refractivity contribution in [1.29, 1.82) is 0 Å². The van der Waals surface area contributed by atoms with Gasteiger partial charge in [-0.15, -0.1) is 0 Å². The highest BCUT2D eigenvalue weighted by molar-refractivity contribution is 6.08. The third kappa shape index (κ3) is 5.32. The molecule has 0 aromatic heterocycles. The van der Waals surface area contributed by atoms with Crippen LogP contribution in [0.4, 0.5) is 0 Å². The van der Waals surface area contributed by atoms with Crippen LogP contribution in [0.25, 0.3) is 0 Å². The third-order valence-corrected chi connectivity index (χ3v) is 2.29. The lowest BCUT2D eigenvalue weighted by molar-refractivity contribution is -0.162. The van der Waals surface area contributed by atoms with Crippen molar-refractivity contribution in [2.45, 2.75) is 51.1 Å². The Labute approximate surface area is 82.4 Å². The van der Waals surface area contributed by atoms with Crippen molar-refractivity contribution >= 4 is 7.85 Å². The highest BCUT2D eigenvalue weighted by Crippen LogP contribution is 2.14. The van der Waals surface area contributed by atoms with Crippen LogP contribution in [0, 0.1) is 0 Å². The maximum atomic E-state index is 5.57. The molecule has 0 aromatic rings. The van der Waals surface area contributed by atoms with Gasteiger partial charge in [-0.05, 0) is 25.7 Å². The quantitative estimate of drug-likeness (QED) is 0.463. The Hall–Kier alpha value is -0.0151. The largest absolute Gasteiger partial charge is 0.353 e. The molecular formula is C10H19BO2. The summed E-state index contributed by atoms with van der Waals surface area (Å²) in [5.74, 6) is 0. The maximum absolute atomic E-state index is 5.57. The van der Waals surface area contributed by atoms with Crippen LogP contribution in [0.3, 0.4) is 0 Å². The van der Waals surface area contributed by atoms with Gasteiger partial charge in [-0.1, -0.05) is 19.2 Å². The van der Waals surface area contributed by atoms with Crippen molar-refractivity contribution in [2.24, 2.45) is 0 Å². The number of hydrogen-bond acceptors (Lipinski definition) is 2. The summed E-state index contributed by atoms with van der Waals surface area (Å²) in [7, 11) is 5.39. The van der Waals surface area contributed by atoms with Crippen molar-refractivity contribution in [1.82, 2.24) is 0 Å². The molecule has 1 unspecified atom stereocenters. The fourth-order valence-electron chi connectivity index (χ4n) is 1.48. The molecule has 2 radical (unpaired) electrons. The van der Waals surface area contributed by atoms with E-state index in [1.54, 1.807) is 0 Å². The van der Waals surface area contributed by atoms with E-state index >= 15 is 0 Å². The van der Waals surface area contributed by atoms with Gasteiger partial charge in [-0.3, -0.25) is 0 Å². The Morgan fingerprint density at radius 2 is 2.15 bits per heavy atom.